The molecule has 0 unspecified atom stereocenters. The van der Waals surface area contributed by atoms with Gasteiger partial charge in [0.15, 0.2) is 0 Å². The number of aliphatic hydroxyl groups excluding tert-OH is 1. The first-order chi connectivity index (χ1) is 7.13. The Morgan fingerprint density at radius 1 is 1.44 bits per heavy atom. The van der Waals surface area contributed by atoms with Crippen molar-refractivity contribution in [2.24, 2.45) is 5.73 Å². The molecule has 0 spiro atoms. The van der Waals surface area contributed by atoms with Crippen molar-refractivity contribution in [3.63, 3.8) is 0 Å². The zero-order chi connectivity index (χ0) is 11.3. The van der Waals surface area contributed by atoms with Gasteiger partial charge >= 0.3 is 0 Å². The Balaban J connectivity index is 0.00000225. The van der Waals surface area contributed by atoms with Crippen LogP contribution in [0.15, 0.2) is 24.3 Å². The van der Waals surface area contributed by atoms with Crippen molar-refractivity contribution in [2.45, 2.75) is 19.4 Å². The Bertz CT molecular complexity index is 325. The molecule has 0 saturated heterocycles. The molecule has 0 aliphatic heterocycles. The van der Waals surface area contributed by atoms with E-state index in [1.807, 2.05) is 12.1 Å². The van der Waals surface area contributed by atoms with E-state index in [1.54, 1.807) is 19.1 Å². The molecule has 1 aromatic carbocycles. The van der Waals surface area contributed by atoms with Crippen LogP contribution in [0.5, 0.6) is 0 Å². The van der Waals surface area contributed by atoms with Crippen molar-refractivity contribution < 1.29 is 9.90 Å². The maximum atomic E-state index is 11.2. The average Bonchev–Trinajstić information content (AvgIpc) is 2.21. The van der Waals surface area contributed by atoms with E-state index in [2.05, 4.69) is 5.32 Å². The molecule has 16 heavy (non-hydrogen) atoms. The predicted molar refractivity (Wildman–Crippen MR) is 66.8 cm³/mol. The van der Waals surface area contributed by atoms with E-state index in [4.69, 9.17) is 10.8 Å². The van der Waals surface area contributed by atoms with E-state index in [0.29, 0.717) is 6.42 Å². The van der Waals surface area contributed by atoms with Crippen molar-refractivity contribution in [1.29, 1.82) is 0 Å². The van der Waals surface area contributed by atoms with E-state index < -0.39 is 6.04 Å². The first-order valence-corrected chi connectivity index (χ1v) is 4.89. The second kappa shape index (κ2) is 7.22. The first kappa shape index (κ1) is 14.9. The van der Waals surface area contributed by atoms with Gasteiger partial charge in [-0.2, -0.15) is 0 Å². The number of amides is 1. The first-order valence-electron chi connectivity index (χ1n) is 4.89. The lowest BCUT2D eigenvalue weighted by molar-refractivity contribution is -0.117. The summed E-state index contributed by atoms with van der Waals surface area (Å²) < 4.78 is 0. The molecule has 1 amide bonds. The van der Waals surface area contributed by atoms with Crippen LogP contribution in [0.2, 0.25) is 0 Å². The summed E-state index contributed by atoms with van der Waals surface area (Å²) in [5.74, 6) is -0.204. The van der Waals surface area contributed by atoms with Gasteiger partial charge in [-0.3, -0.25) is 4.79 Å². The molecule has 1 atom stereocenters. The summed E-state index contributed by atoms with van der Waals surface area (Å²) >= 11 is 0. The highest BCUT2D eigenvalue weighted by Crippen LogP contribution is 2.09. The fraction of sp³-hybridized carbons (Fsp3) is 0.364. The minimum Gasteiger partial charge on any atom is -0.396 e. The zero-order valence-corrected chi connectivity index (χ0v) is 9.96. The van der Waals surface area contributed by atoms with Crippen LogP contribution in [-0.4, -0.2) is 23.7 Å². The van der Waals surface area contributed by atoms with Crippen LogP contribution in [0.1, 0.15) is 12.5 Å². The molecule has 4 N–H and O–H groups in total. The van der Waals surface area contributed by atoms with E-state index in [9.17, 15) is 4.79 Å². The van der Waals surface area contributed by atoms with Crippen LogP contribution in [0.4, 0.5) is 5.69 Å². The maximum absolute atomic E-state index is 11.2. The predicted octanol–water partition coefficient (Wildman–Crippen LogP) is 0.929. The highest BCUT2D eigenvalue weighted by atomic mass is 35.5. The number of halogens is 1. The zero-order valence-electron chi connectivity index (χ0n) is 9.14. The Labute approximate surface area is 101 Å². The smallest absolute Gasteiger partial charge is 0.240 e. The summed E-state index contributed by atoms with van der Waals surface area (Å²) in [6, 6.07) is 6.82. The monoisotopic (exact) mass is 244 g/mol. The van der Waals surface area contributed by atoms with Gasteiger partial charge in [-0.1, -0.05) is 12.1 Å². The van der Waals surface area contributed by atoms with Crippen molar-refractivity contribution >= 4 is 24.0 Å². The molecule has 4 nitrogen and oxygen atoms in total. The molecule has 0 aliphatic rings. The van der Waals surface area contributed by atoms with Gasteiger partial charge in [-0.05, 0) is 31.0 Å². The van der Waals surface area contributed by atoms with Gasteiger partial charge in [-0.15, -0.1) is 12.4 Å². The van der Waals surface area contributed by atoms with Gasteiger partial charge in [-0.25, -0.2) is 0 Å². The van der Waals surface area contributed by atoms with Crippen molar-refractivity contribution in [3.05, 3.63) is 29.8 Å². The number of rotatable bonds is 4. The number of anilines is 1. The number of benzene rings is 1. The summed E-state index contributed by atoms with van der Waals surface area (Å²) in [5.41, 5.74) is 7.18. The number of hydrogen-bond acceptors (Lipinski definition) is 3. The van der Waals surface area contributed by atoms with Crippen molar-refractivity contribution in [1.82, 2.24) is 0 Å². The topological polar surface area (TPSA) is 75.4 Å². The molecule has 0 aliphatic carbocycles. The van der Waals surface area contributed by atoms with Crippen LogP contribution < -0.4 is 11.1 Å². The lowest BCUT2D eigenvalue weighted by Gasteiger charge is -2.08. The van der Waals surface area contributed by atoms with Crippen molar-refractivity contribution in [2.75, 3.05) is 11.9 Å². The molecular formula is C11H17ClN2O2. The maximum Gasteiger partial charge on any atom is 0.240 e. The largest absolute Gasteiger partial charge is 0.396 e. The number of carbonyl (C=O) groups is 1. The molecule has 0 fully saturated rings. The van der Waals surface area contributed by atoms with Gasteiger partial charge < -0.3 is 16.2 Å². The molecule has 1 aromatic rings. The molecule has 5 heteroatoms. The summed E-state index contributed by atoms with van der Waals surface area (Å²) in [6.07, 6.45) is 0.627. The minimum absolute atomic E-state index is 0. The Kier molecular flexibility index (Phi) is 6.72. The second-order valence-electron chi connectivity index (χ2n) is 3.45. The fourth-order valence-electron chi connectivity index (χ4n) is 1.14. The van der Waals surface area contributed by atoms with Crippen molar-refractivity contribution in [3.8, 4) is 0 Å². The van der Waals surface area contributed by atoms with E-state index in [0.717, 1.165) is 11.3 Å². The normalized spacial score (nSPS) is 11.4. The minimum atomic E-state index is -0.512. The third kappa shape index (κ3) is 4.61. The van der Waals surface area contributed by atoms with Crippen LogP contribution >= 0.6 is 12.4 Å². The van der Waals surface area contributed by atoms with E-state index in [-0.39, 0.29) is 24.9 Å². The number of nitrogens with two attached hydrogens (primary N) is 1. The van der Waals surface area contributed by atoms with E-state index in [1.165, 1.54) is 0 Å². The number of carbonyl (C=O) groups excluding carboxylic acids is 1. The quantitative estimate of drug-likeness (QED) is 0.738. The molecule has 0 aromatic heterocycles. The molecule has 0 heterocycles. The lowest BCUT2D eigenvalue weighted by atomic mass is 10.1. The van der Waals surface area contributed by atoms with Crippen LogP contribution in [-0.2, 0) is 11.2 Å². The lowest BCUT2D eigenvalue weighted by Crippen LogP contribution is -2.32. The van der Waals surface area contributed by atoms with Gasteiger partial charge in [0.2, 0.25) is 5.91 Å². The third-order valence-corrected chi connectivity index (χ3v) is 2.04. The summed E-state index contributed by atoms with van der Waals surface area (Å²) in [4.78, 5) is 11.2. The van der Waals surface area contributed by atoms with Gasteiger partial charge in [0.25, 0.3) is 0 Å². The highest BCUT2D eigenvalue weighted by molar-refractivity contribution is 5.94. The molecular weight excluding hydrogens is 228 g/mol. The SMILES string of the molecule is C[C@H](N)C(=O)Nc1ccc(CCO)cc1.Cl. The molecule has 90 valence electrons. The highest BCUT2D eigenvalue weighted by Gasteiger charge is 2.06. The third-order valence-electron chi connectivity index (χ3n) is 2.04. The Morgan fingerprint density at radius 3 is 2.44 bits per heavy atom. The van der Waals surface area contributed by atoms with Crippen LogP contribution in [0.25, 0.3) is 0 Å². The van der Waals surface area contributed by atoms with Crippen LogP contribution in [0.3, 0.4) is 0 Å². The summed E-state index contributed by atoms with van der Waals surface area (Å²) in [6.45, 7) is 1.76. The molecule has 0 saturated carbocycles. The van der Waals surface area contributed by atoms with E-state index >= 15 is 0 Å². The van der Waals surface area contributed by atoms with Gasteiger partial charge in [0.05, 0.1) is 6.04 Å². The number of hydrogen-bond donors (Lipinski definition) is 3. The molecule has 0 radical (unpaired) electrons. The number of aliphatic hydroxyl groups is 1. The summed E-state index contributed by atoms with van der Waals surface area (Å²) in [5, 5.41) is 11.4. The standard InChI is InChI=1S/C11H16N2O2.ClH/c1-8(12)11(15)13-10-4-2-9(3-5-10)6-7-14;/h2-5,8,14H,6-7,12H2,1H3,(H,13,15);1H/t8-;/m0./s1. The number of nitrogens with one attached hydrogen (secondary N) is 1. The Hall–Kier alpha value is -1.10. The fourth-order valence-corrected chi connectivity index (χ4v) is 1.14. The summed E-state index contributed by atoms with van der Waals surface area (Å²) in [7, 11) is 0. The van der Waals surface area contributed by atoms with Gasteiger partial charge in [0.1, 0.15) is 0 Å². The average molecular weight is 245 g/mol. The molecule has 1 rings (SSSR count). The molecule has 0 bridgehead atoms. The Morgan fingerprint density at radius 2 is 2.00 bits per heavy atom. The van der Waals surface area contributed by atoms with Crippen LogP contribution in [0, 0.1) is 0 Å². The van der Waals surface area contributed by atoms with Gasteiger partial charge in [0, 0.05) is 12.3 Å². The second-order valence-corrected chi connectivity index (χ2v) is 3.45.